The van der Waals surface area contributed by atoms with E-state index in [2.05, 4.69) is 0 Å². The van der Waals surface area contributed by atoms with Crippen molar-refractivity contribution in [2.24, 2.45) is 0 Å². The van der Waals surface area contributed by atoms with E-state index in [0.29, 0.717) is 0 Å². The Bertz CT molecular complexity index is 473. The smallest absolute Gasteiger partial charge is 0.276 e. The minimum atomic E-state index is -3.56. The van der Waals surface area contributed by atoms with Gasteiger partial charge in [-0.05, 0) is 25.0 Å². The summed E-state index contributed by atoms with van der Waals surface area (Å²) in [5.74, 6) is 0.267. The highest BCUT2D eigenvalue weighted by molar-refractivity contribution is 7.89. The molecule has 0 atom stereocenters. The van der Waals surface area contributed by atoms with E-state index in [-0.39, 0.29) is 23.5 Å². The molecule has 0 aromatic carbocycles. The Morgan fingerprint density at radius 1 is 1.41 bits per heavy atom. The first-order valence-electron chi connectivity index (χ1n) is 5.73. The van der Waals surface area contributed by atoms with Gasteiger partial charge in [0.25, 0.3) is 10.0 Å². The minimum Gasteiger partial charge on any atom is -0.446 e. The maximum atomic E-state index is 12.2. The summed E-state index contributed by atoms with van der Waals surface area (Å²) < 4.78 is 30.9. The number of rotatable bonds is 4. The van der Waals surface area contributed by atoms with Crippen LogP contribution in [0.4, 0.5) is 0 Å². The summed E-state index contributed by atoms with van der Waals surface area (Å²) in [5.41, 5.74) is 0. The largest absolute Gasteiger partial charge is 0.446 e. The first-order valence-corrected chi connectivity index (χ1v) is 7.17. The average Bonchev–Trinajstić information content (AvgIpc) is 2.98. The quantitative estimate of drug-likeness (QED) is 0.885. The van der Waals surface area contributed by atoms with Crippen LogP contribution in [0, 0.1) is 0 Å². The minimum absolute atomic E-state index is 0.0719. The van der Waals surface area contributed by atoms with Crippen molar-refractivity contribution in [2.75, 3.05) is 7.05 Å². The molecule has 17 heavy (non-hydrogen) atoms. The fourth-order valence-corrected chi connectivity index (χ4v) is 3.53. The molecule has 1 saturated carbocycles. The summed E-state index contributed by atoms with van der Waals surface area (Å²) in [7, 11) is -1.97. The first-order chi connectivity index (χ1) is 8.05. The summed E-state index contributed by atoms with van der Waals surface area (Å²) in [4.78, 5) is 0. The van der Waals surface area contributed by atoms with E-state index in [0.717, 1.165) is 25.7 Å². The molecule has 0 bridgehead atoms. The zero-order valence-corrected chi connectivity index (χ0v) is 10.6. The SMILES string of the molecule is CN(C1CCCC1)S(=O)(=O)c1ccc(CO)o1. The molecule has 0 amide bonds. The molecule has 1 aliphatic rings. The van der Waals surface area contributed by atoms with Gasteiger partial charge in [0.15, 0.2) is 0 Å². The molecular formula is C11H17NO4S. The van der Waals surface area contributed by atoms with Crippen LogP contribution in [0.25, 0.3) is 0 Å². The molecule has 0 radical (unpaired) electrons. The van der Waals surface area contributed by atoms with E-state index in [1.807, 2.05) is 0 Å². The topological polar surface area (TPSA) is 70.8 Å². The van der Waals surface area contributed by atoms with Crippen molar-refractivity contribution in [3.05, 3.63) is 17.9 Å². The maximum Gasteiger partial charge on any atom is 0.276 e. The molecule has 1 fully saturated rings. The molecular weight excluding hydrogens is 242 g/mol. The standard InChI is InChI=1S/C11H17NO4S/c1-12(9-4-2-3-5-9)17(14,15)11-7-6-10(8-13)16-11/h6-7,9,13H,2-5,8H2,1H3. The molecule has 5 nitrogen and oxygen atoms in total. The third kappa shape index (κ3) is 2.38. The number of sulfonamides is 1. The van der Waals surface area contributed by atoms with Gasteiger partial charge in [-0.1, -0.05) is 12.8 Å². The van der Waals surface area contributed by atoms with Crippen molar-refractivity contribution in [3.63, 3.8) is 0 Å². The fourth-order valence-electron chi connectivity index (χ4n) is 2.19. The van der Waals surface area contributed by atoms with Crippen molar-refractivity contribution in [1.82, 2.24) is 4.31 Å². The molecule has 0 spiro atoms. The molecule has 1 heterocycles. The van der Waals surface area contributed by atoms with Crippen LogP contribution in [-0.2, 0) is 16.6 Å². The fraction of sp³-hybridized carbons (Fsp3) is 0.636. The van der Waals surface area contributed by atoms with Crippen LogP contribution in [-0.4, -0.2) is 30.9 Å². The highest BCUT2D eigenvalue weighted by Gasteiger charge is 2.32. The predicted molar refractivity (Wildman–Crippen MR) is 61.8 cm³/mol. The lowest BCUT2D eigenvalue weighted by Gasteiger charge is -2.22. The molecule has 2 rings (SSSR count). The second-order valence-electron chi connectivity index (χ2n) is 4.34. The Labute approximate surface area is 101 Å². The van der Waals surface area contributed by atoms with E-state index in [1.165, 1.54) is 16.4 Å². The van der Waals surface area contributed by atoms with E-state index in [9.17, 15) is 8.42 Å². The normalized spacial score (nSPS) is 18.1. The Morgan fingerprint density at radius 3 is 2.59 bits per heavy atom. The summed E-state index contributed by atoms with van der Waals surface area (Å²) in [5, 5.41) is 8.78. The van der Waals surface area contributed by atoms with Gasteiger partial charge in [0.1, 0.15) is 12.4 Å². The third-order valence-corrected chi connectivity index (χ3v) is 5.05. The van der Waals surface area contributed by atoms with Crippen LogP contribution in [0.5, 0.6) is 0 Å². The van der Waals surface area contributed by atoms with Gasteiger partial charge >= 0.3 is 0 Å². The van der Waals surface area contributed by atoms with Crippen molar-refractivity contribution in [3.8, 4) is 0 Å². The van der Waals surface area contributed by atoms with Gasteiger partial charge in [0.05, 0.1) is 0 Å². The number of aliphatic hydroxyl groups excluding tert-OH is 1. The van der Waals surface area contributed by atoms with Gasteiger partial charge in [0.2, 0.25) is 5.09 Å². The molecule has 0 aliphatic heterocycles. The van der Waals surface area contributed by atoms with Gasteiger partial charge in [-0.2, -0.15) is 4.31 Å². The van der Waals surface area contributed by atoms with Crippen molar-refractivity contribution in [1.29, 1.82) is 0 Å². The number of aliphatic hydroxyl groups is 1. The summed E-state index contributed by atoms with van der Waals surface area (Å²) in [6, 6.07) is 2.95. The number of hydrogen-bond acceptors (Lipinski definition) is 4. The van der Waals surface area contributed by atoms with Gasteiger partial charge in [0, 0.05) is 13.1 Å². The van der Waals surface area contributed by atoms with Crippen LogP contribution in [0.2, 0.25) is 0 Å². The van der Waals surface area contributed by atoms with E-state index in [4.69, 9.17) is 9.52 Å². The molecule has 1 N–H and O–H groups in total. The molecule has 1 aliphatic carbocycles. The van der Waals surface area contributed by atoms with Gasteiger partial charge in [-0.15, -0.1) is 0 Å². The van der Waals surface area contributed by atoms with Crippen LogP contribution < -0.4 is 0 Å². The Morgan fingerprint density at radius 2 is 2.06 bits per heavy atom. The molecule has 0 unspecified atom stereocenters. The Hall–Kier alpha value is -0.850. The summed E-state index contributed by atoms with van der Waals surface area (Å²) in [6.45, 7) is -0.289. The van der Waals surface area contributed by atoms with Gasteiger partial charge in [-0.3, -0.25) is 0 Å². The number of nitrogens with zero attached hydrogens (tertiary/aromatic N) is 1. The number of hydrogen-bond donors (Lipinski definition) is 1. The van der Waals surface area contributed by atoms with Crippen LogP contribution in [0.3, 0.4) is 0 Å². The van der Waals surface area contributed by atoms with Crippen LogP contribution >= 0.6 is 0 Å². The van der Waals surface area contributed by atoms with Gasteiger partial charge < -0.3 is 9.52 Å². The predicted octanol–water partition coefficient (Wildman–Crippen LogP) is 1.33. The molecule has 96 valence electrons. The van der Waals surface area contributed by atoms with Crippen molar-refractivity contribution >= 4 is 10.0 Å². The first kappa shape index (κ1) is 12.6. The lowest BCUT2D eigenvalue weighted by Crippen LogP contribution is -2.34. The molecule has 1 aromatic heterocycles. The van der Waals surface area contributed by atoms with Crippen LogP contribution in [0.15, 0.2) is 21.6 Å². The Balaban J connectivity index is 2.22. The number of furan rings is 1. The lowest BCUT2D eigenvalue weighted by atomic mass is 10.3. The monoisotopic (exact) mass is 259 g/mol. The summed E-state index contributed by atoms with van der Waals surface area (Å²) >= 11 is 0. The Kier molecular flexibility index (Phi) is 3.56. The highest BCUT2D eigenvalue weighted by Crippen LogP contribution is 2.27. The van der Waals surface area contributed by atoms with E-state index in [1.54, 1.807) is 7.05 Å². The van der Waals surface area contributed by atoms with Crippen molar-refractivity contribution < 1.29 is 17.9 Å². The lowest BCUT2D eigenvalue weighted by molar-refractivity contribution is 0.234. The highest BCUT2D eigenvalue weighted by atomic mass is 32.2. The van der Waals surface area contributed by atoms with Crippen molar-refractivity contribution in [2.45, 2.75) is 43.4 Å². The zero-order valence-electron chi connectivity index (χ0n) is 9.80. The second kappa shape index (κ2) is 4.80. The molecule has 1 aromatic rings. The zero-order chi connectivity index (χ0) is 12.5. The summed E-state index contributed by atoms with van der Waals surface area (Å²) in [6.07, 6.45) is 3.96. The van der Waals surface area contributed by atoms with E-state index >= 15 is 0 Å². The second-order valence-corrected chi connectivity index (χ2v) is 6.27. The van der Waals surface area contributed by atoms with Gasteiger partial charge in [-0.25, -0.2) is 8.42 Å². The maximum absolute atomic E-state index is 12.2. The third-order valence-electron chi connectivity index (χ3n) is 3.27. The average molecular weight is 259 g/mol. The molecule has 6 heteroatoms. The van der Waals surface area contributed by atoms with E-state index < -0.39 is 10.0 Å². The molecule has 0 saturated heterocycles. The van der Waals surface area contributed by atoms with Crippen LogP contribution in [0.1, 0.15) is 31.4 Å².